The number of aromatic nitrogens is 2. The maximum absolute atomic E-state index is 5.57. The summed E-state index contributed by atoms with van der Waals surface area (Å²) < 4.78 is 7.61. The first-order valence-electron chi connectivity index (χ1n) is 4.85. The fourth-order valence-corrected chi connectivity index (χ4v) is 1.35. The summed E-state index contributed by atoms with van der Waals surface area (Å²) in [5.41, 5.74) is 0. The van der Waals surface area contributed by atoms with Crippen LogP contribution < -0.4 is 0 Å². The van der Waals surface area contributed by atoms with Crippen LogP contribution in [0.4, 0.5) is 0 Å². The van der Waals surface area contributed by atoms with E-state index in [-0.39, 0.29) is 0 Å². The smallest absolute Gasteiger partial charge is 0.110 e. The van der Waals surface area contributed by atoms with Gasteiger partial charge >= 0.3 is 0 Å². The van der Waals surface area contributed by atoms with Crippen molar-refractivity contribution in [2.24, 2.45) is 7.05 Å². The minimum atomic E-state index is 0.311. The van der Waals surface area contributed by atoms with E-state index in [4.69, 9.17) is 4.74 Å². The molecule has 0 aliphatic rings. The molecule has 0 N–H and O–H groups in total. The van der Waals surface area contributed by atoms with Crippen LogP contribution in [0.5, 0.6) is 0 Å². The molecule has 1 aromatic rings. The number of nitrogens with zero attached hydrogens (tertiary/aromatic N) is 2. The number of ether oxygens (including phenoxy) is 1. The van der Waals surface area contributed by atoms with Crippen LogP contribution in [0.15, 0.2) is 12.4 Å². The molecular weight excluding hydrogens is 164 g/mol. The highest BCUT2D eigenvalue weighted by molar-refractivity contribution is 4.93. The maximum atomic E-state index is 5.57. The molecule has 0 spiro atoms. The Bertz CT molecular complexity index is 245. The quantitative estimate of drug-likeness (QED) is 0.694. The first-order chi connectivity index (χ1) is 6.27. The molecule has 0 fully saturated rings. The van der Waals surface area contributed by atoms with Crippen LogP contribution in [-0.4, -0.2) is 22.3 Å². The maximum Gasteiger partial charge on any atom is 0.110 e. The van der Waals surface area contributed by atoms with Crippen LogP contribution in [0.2, 0.25) is 0 Å². The summed E-state index contributed by atoms with van der Waals surface area (Å²) in [6, 6.07) is 0. The van der Waals surface area contributed by atoms with Gasteiger partial charge in [-0.2, -0.15) is 0 Å². The van der Waals surface area contributed by atoms with Crippen molar-refractivity contribution >= 4 is 0 Å². The fraction of sp³-hybridized carbons (Fsp3) is 0.700. The van der Waals surface area contributed by atoms with Crippen LogP contribution in [0, 0.1) is 0 Å². The number of rotatable bonds is 5. The topological polar surface area (TPSA) is 27.1 Å². The number of hydrogen-bond donors (Lipinski definition) is 0. The third-order valence-corrected chi connectivity index (χ3v) is 2.19. The largest absolute Gasteiger partial charge is 0.378 e. The van der Waals surface area contributed by atoms with Crippen LogP contribution >= 0.6 is 0 Å². The molecule has 13 heavy (non-hydrogen) atoms. The molecule has 1 rings (SSSR count). The Morgan fingerprint density at radius 1 is 1.54 bits per heavy atom. The van der Waals surface area contributed by atoms with Gasteiger partial charge in [-0.3, -0.25) is 0 Å². The Balaban J connectivity index is 2.51. The molecule has 0 aliphatic heterocycles. The molecule has 0 radical (unpaired) electrons. The first kappa shape index (κ1) is 10.3. The van der Waals surface area contributed by atoms with Crippen molar-refractivity contribution in [1.82, 2.24) is 9.55 Å². The summed E-state index contributed by atoms with van der Waals surface area (Å²) in [6.07, 6.45) is 6.06. The second-order valence-corrected chi connectivity index (χ2v) is 3.14. The van der Waals surface area contributed by atoms with E-state index in [1.807, 2.05) is 30.9 Å². The monoisotopic (exact) mass is 182 g/mol. The molecule has 74 valence electrons. The van der Waals surface area contributed by atoms with Crippen LogP contribution in [0.1, 0.15) is 26.1 Å². The van der Waals surface area contributed by atoms with E-state index in [0.717, 1.165) is 25.3 Å². The number of imidazole rings is 1. The van der Waals surface area contributed by atoms with Crippen molar-refractivity contribution in [3.05, 3.63) is 18.2 Å². The van der Waals surface area contributed by atoms with E-state index in [1.165, 1.54) is 0 Å². The highest BCUT2D eigenvalue weighted by Gasteiger charge is 2.09. The summed E-state index contributed by atoms with van der Waals surface area (Å²) in [5.74, 6) is 1.10. The van der Waals surface area contributed by atoms with Gasteiger partial charge in [0.1, 0.15) is 5.82 Å². The van der Waals surface area contributed by atoms with Crippen LogP contribution in [-0.2, 0) is 18.2 Å². The van der Waals surface area contributed by atoms with E-state index in [1.54, 1.807) is 0 Å². The zero-order valence-electron chi connectivity index (χ0n) is 8.66. The molecule has 0 aromatic carbocycles. The van der Waals surface area contributed by atoms with E-state index in [2.05, 4.69) is 11.9 Å². The standard InChI is InChI=1S/C10H18N2O/c1-4-9(13-5-2)8-10-11-6-7-12(10)3/h6-7,9H,4-5,8H2,1-3H3. The van der Waals surface area contributed by atoms with Gasteiger partial charge < -0.3 is 9.30 Å². The lowest BCUT2D eigenvalue weighted by Gasteiger charge is -2.14. The van der Waals surface area contributed by atoms with Crippen molar-refractivity contribution in [3.8, 4) is 0 Å². The van der Waals surface area contributed by atoms with E-state index >= 15 is 0 Å². The Hall–Kier alpha value is -0.830. The highest BCUT2D eigenvalue weighted by atomic mass is 16.5. The minimum absolute atomic E-state index is 0.311. The molecule has 3 nitrogen and oxygen atoms in total. The lowest BCUT2D eigenvalue weighted by atomic mass is 10.2. The van der Waals surface area contributed by atoms with Crippen LogP contribution in [0.25, 0.3) is 0 Å². The Morgan fingerprint density at radius 2 is 2.31 bits per heavy atom. The van der Waals surface area contributed by atoms with Gasteiger partial charge in [0.2, 0.25) is 0 Å². The molecular formula is C10H18N2O. The normalized spacial score (nSPS) is 13.2. The second kappa shape index (κ2) is 5.02. The van der Waals surface area contributed by atoms with Gasteiger partial charge in [0.05, 0.1) is 6.10 Å². The summed E-state index contributed by atoms with van der Waals surface area (Å²) in [7, 11) is 2.01. The Labute approximate surface area is 79.7 Å². The molecule has 1 unspecified atom stereocenters. The van der Waals surface area contributed by atoms with E-state index in [0.29, 0.717) is 6.10 Å². The molecule has 0 aliphatic carbocycles. The average Bonchev–Trinajstić information content (AvgIpc) is 2.51. The Kier molecular flexibility index (Phi) is 3.96. The fourth-order valence-electron chi connectivity index (χ4n) is 1.35. The van der Waals surface area contributed by atoms with Gasteiger partial charge in [0, 0.05) is 32.5 Å². The summed E-state index contributed by atoms with van der Waals surface area (Å²) in [4.78, 5) is 4.27. The Morgan fingerprint density at radius 3 is 2.77 bits per heavy atom. The number of aryl methyl sites for hydroxylation is 1. The molecule has 0 saturated carbocycles. The zero-order chi connectivity index (χ0) is 9.68. The van der Waals surface area contributed by atoms with E-state index in [9.17, 15) is 0 Å². The molecule has 1 aromatic heterocycles. The highest BCUT2D eigenvalue weighted by Crippen LogP contribution is 2.06. The predicted octanol–water partition coefficient (Wildman–Crippen LogP) is 1.78. The molecule has 3 heteroatoms. The summed E-state index contributed by atoms with van der Waals surface area (Å²) >= 11 is 0. The summed E-state index contributed by atoms with van der Waals surface area (Å²) in [5, 5.41) is 0. The molecule has 0 bridgehead atoms. The van der Waals surface area contributed by atoms with Gasteiger partial charge in [-0.15, -0.1) is 0 Å². The van der Waals surface area contributed by atoms with Crippen molar-refractivity contribution < 1.29 is 4.74 Å². The van der Waals surface area contributed by atoms with Gasteiger partial charge in [0.15, 0.2) is 0 Å². The van der Waals surface area contributed by atoms with Gasteiger partial charge in [-0.1, -0.05) is 6.92 Å². The predicted molar refractivity (Wildman–Crippen MR) is 52.6 cm³/mol. The molecule has 1 atom stereocenters. The van der Waals surface area contributed by atoms with Gasteiger partial charge in [0.25, 0.3) is 0 Å². The van der Waals surface area contributed by atoms with Gasteiger partial charge in [-0.25, -0.2) is 4.98 Å². The molecule has 1 heterocycles. The zero-order valence-corrected chi connectivity index (χ0v) is 8.66. The van der Waals surface area contributed by atoms with Crippen molar-refractivity contribution in [2.45, 2.75) is 32.8 Å². The first-order valence-corrected chi connectivity index (χ1v) is 4.85. The number of hydrogen-bond acceptors (Lipinski definition) is 2. The third-order valence-electron chi connectivity index (χ3n) is 2.19. The summed E-state index contributed by atoms with van der Waals surface area (Å²) in [6.45, 7) is 4.95. The lowest BCUT2D eigenvalue weighted by Crippen LogP contribution is -2.17. The van der Waals surface area contributed by atoms with Crippen molar-refractivity contribution in [2.75, 3.05) is 6.61 Å². The lowest BCUT2D eigenvalue weighted by molar-refractivity contribution is 0.0588. The van der Waals surface area contributed by atoms with Gasteiger partial charge in [-0.05, 0) is 13.3 Å². The second-order valence-electron chi connectivity index (χ2n) is 3.14. The third kappa shape index (κ3) is 2.84. The molecule has 0 saturated heterocycles. The average molecular weight is 182 g/mol. The van der Waals surface area contributed by atoms with Crippen molar-refractivity contribution in [1.29, 1.82) is 0 Å². The van der Waals surface area contributed by atoms with Crippen molar-refractivity contribution in [3.63, 3.8) is 0 Å². The van der Waals surface area contributed by atoms with Crippen LogP contribution in [0.3, 0.4) is 0 Å². The SMILES string of the molecule is CCOC(CC)Cc1nccn1C. The minimum Gasteiger partial charge on any atom is -0.378 e. The van der Waals surface area contributed by atoms with E-state index < -0.39 is 0 Å². The molecule has 0 amide bonds.